The van der Waals surface area contributed by atoms with Crippen molar-refractivity contribution in [2.45, 2.75) is 20.8 Å². The third kappa shape index (κ3) is 1.43. The van der Waals surface area contributed by atoms with Gasteiger partial charge in [0.1, 0.15) is 0 Å². The first-order valence-corrected chi connectivity index (χ1v) is 4.76. The third-order valence-corrected chi connectivity index (χ3v) is 2.41. The zero-order chi connectivity index (χ0) is 10.1. The van der Waals surface area contributed by atoms with Crippen molar-refractivity contribution < 1.29 is 0 Å². The van der Waals surface area contributed by atoms with E-state index in [0.29, 0.717) is 0 Å². The van der Waals surface area contributed by atoms with E-state index in [0.717, 1.165) is 5.69 Å². The summed E-state index contributed by atoms with van der Waals surface area (Å²) in [6.45, 7) is 6.24. The molecule has 0 fully saturated rings. The second-order valence-corrected chi connectivity index (χ2v) is 3.61. The maximum Gasteiger partial charge on any atom is 0.0488 e. The molecular formula is C12H14N2. The molecule has 14 heavy (non-hydrogen) atoms. The zero-order valence-electron chi connectivity index (χ0n) is 8.78. The molecule has 2 heteroatoms. The van der Waals surface area contributed by atoms with Gasteiger partial charge in [0.25, 0.3) is 0 Å². The number of rotatable bonds is 1. The van der Waals surface area contributed by atoms with Crippen LogP contribution in [-0.2, 0) is 0 Å². The maximum atomic E-state index is 4.20. The quantitative estimate of drug-likeness (QED) is 0.669. The lowest BCUT2D eigenvalue weighted by atomic mass is 10.3. The van der Waals surface area contributed by atoms with Crippen LogP contribution in [-0.4, -0.2) is 9.55 Å². The fraction of sp³-hybridized carbons (Fsp3) is 0.250. The van der Waals surface area contributed by atoms with Gasteiger partial charge >= 0.3 is 0 Å². The van der Waals surface area contributed by atoms with Gasteiger partial charge in [0, 0.05) is 29.0 Å². The van der Waals surface area contributed by atoms with Crippen LogP contribution >= 0.6 is 0 Å². The summed E-state index contributed by atoms with van der Waals surface area (Å²) >= 11 is 0. The summed E-state index contributed by atoms with van der Waals surface area (Å²) in [5.41, 5.74) is 4.76. The molecule has 0 aromatic carbocycles. The van der Waals surface area contributed by atoms with Crippen molar-refractivity contribution in [1.29, 1.82) is 0 Å². The van der Waals surface area contributed by atoms with E-state index in [4.69, 9.17) is 0 Å². The smallest absolute Gasteiger partial charge is 0.0488 e. The third-order valence-electron chi connectivity index (χ3n) is 2.41. The van der Waals surface area contributed by atoms with E-state index in [1.165, 1.54) is 17.1 Å². The summed E-state index contributed by atoms with van der Waals surface area (Å²) in [7, 11) is 0. The van der Waals surface area contributed by atoms with Crippen LogP contribution in [0.5, 0.6) is 0 Å². The highest BCUT2D eigenvalue weighted by Gasteiger charge is 2.03. The van der Waals surface area contributed by atoms with Crippen LogP contribution in [0.4, 0.5) is 0 Å². The molecule has 2 aromatic rings. The minimum absolute atomic E-state index is 1.05. The highest BCUT2D eigenvalue weighted by molar-refractivity contribution is 5.37. The topological polar surface area (TPSA) is 17.8 Å². The fourth-order valence-electron chi connectivity index (χ4n) is 1.75. The summed E-state index contributed by atoms with van der Waals surface area (Å²) in [6, 6.07) is 8.39. The molecule has 0 amide bonds. The number of hydrogen-bond donors (Lipinski definition) is 0. The van der Waals surface area contributed by atoms with Gasteiger partial charge in [0.05, 0.1) is 0 Å². The Morgan fingerprint density at radius 3 is 2.21 bits per heavy atom. The van der Waals surface area contributed by atoms with Gasteiger partial charge in [0.15, 0.2) is 0 Å². The summed E-state index contributed by atoms with van der Waals surface area (Å²) in [6.07, 6.45) is 1.85. The van der Waals surface area contributed by atoms with Gasteiger partial charge < -0.3 is 4.57 Å². The van der Waals surface area contributed by atoms with Crippen LogP contribution in [0.3, 0.4) is 0 Å². The number of aryl methyl sites for hydroxylation is 3. The first-order valence-electron chi connectivity index (χ1n) is 4.76. The molecular weight excluding hydrogens is 172 g/mol. The minimum atomic E-state index is 1.05. The van der Waals surface area contributed by atoms with E-state index in [2.05, 4.69) is 41.6 Å². The van der Waals surface area contributed by atoms with Gasteiger partial charge in [-0.2, -0.15) is 0 Å². The van der Waals surface area contributed by atoms with E-state index in [-0.39, 0.29) is 0 Å². The summed E-state index contributed by atoms with van der Waals surface area (Å²) in [5.74, 6) is 0. The zero-order valence-corrected chi connectivity index (χ0v) is 8.78. The molecule has 0 N–H and O–H groups in total. The molecule has 0 spiro atoms. The van der Waals surface area contributed by atoms with Crippen molar-refractivity contribution in [3.05, 3.63) is 47.5 Å². The van der Waals surface area contributed by atoms with Crippen molar-refractivity contribution in [2.75, 3.05) is 0 Å². The van der Waals surface area contributed by atoms with Crippen molar-refractivity contribution >= 4 is 0 Å². The second kappa shape index (κ2) is 3.29. The molecule has 2 heterocycles. The maximum absolute atomic E-state index is 4.20. The molecule has 0 aliphatic rings. The molecule has 0 radical (unpaired) electrons. The lowest BCUT2D eigenvalue weighted by Crippen LogP contribution is -1.99. The lowest BCUT2D eigenvalue weighted by molar-refractivity contribution is 0.956. The van der Waals surface area contributed by atoms with Gasteiger partial charge in [-0.05, 0) is 45.0 Å². The average molecular weight is 186 g/mol. The first kappa shape index (κ1) is 9.00. The predicted molar refractivity (Wildman–Crippen MR) is 57.8 cm³/mol. The normalized spacial score (nSPS) is 10.5. The van der Waals surface area contributed by atoms with E-state index >= 15 is 0 Å². The molecule has 2 nitrogen and oxygen atoms in total. The summed E-state index contributed by atoms with van der Waals surface area (Å²) < 4.78 is 2.23. The Morgan fingerprint density at radius 2 is 1.64 bits per heavy atom. The molecule has 2 aromatic heterocycles. The molecule has 2 rings (SSSR count). The van der Waals surface area contributed by atoms with Gasteiger partial charge in [-0.15, -0.1) is 0 Å². The number of pyridine rings is 1. The van der Waals surface area contributed by atoms with E-state index in [9.17, 15) is 0 Å². The Bertz CT molecular complexity index is 436. The van der Waals surface area contributed by atoms with Gasteiger partial charge in [-0.25, -0.2) is 0 Å². The molecule has 72 valence electrons. The van der Waals surface area contributed by atoms with Crippen LogP contribution in [0, 0.1) is 20.8 Å². The van der Waals surface area contributed by atoms with E-state index < -0.39 is 0 Å². The Morgan fingerprint density at radius 1 is 1.00 bits per heavy atom. The highest BCUT2D eigenvalue weighted by Crippen LogP contribution is 2.15. The van der Waals surface area contributed by atoms with Crippen LogP contribution in [0.1, 0.15) is 17.1 Å². The Balaban J connectivity index is 2.59. The van der Waals surface area contributed by atoms with Gasteiger partial charge in [-0.3, -0.25) is 4.98 Å². The Labute approximate surface area is 84.2 Å². The van der Waals surface area contributed by atoms with E-state index in [1.807, 2.05) is 19.2 Å². The molecule has 0 saturated heterocycles. The Kier molecular flexibility index (Phi) is 2.12. The van der Waals surface area contributed by atoms with Crippen molar-refractivity contribution in [3.63, 3.8) is 0 Å². The summed E-state index contributed by atoms with van der Waals surface area (Å²) in [5, 5.41) is 0. The van der Waals surface area contributed by atoms with Crippen molar-refractivity contribution in [2.24, 2.45) is 0 Å². The predicted octanol–water partition coefficient (Wildman–Crippen LogP) is 2.80. The van der Waals surface area contributed by atoms with Crippen LogP contribution in [0.2, 0.25) is 0 Å². The molecule has 0 unspecified atom stereocenters. The first-order chi connectivity index (χ1) is 6.68. The monoisotopic (exact) mass is 186 g/mol. The average Bonchev–Trinajstić information content (AvgIpc) is 2.46. The highest BCUT2D eigenvalue weighted by atomic mass is 15.0. The largest absolute Gasteiger partial charge is 0.318 e. The summed E-state index contributed by atoms with van der Waals surface area (Å²) in [4.78, 5) is 4.20. The van der Waals surface area contributed by atoms with Gasteiger partial charge in [0.2, 0.25) is 0 Å². The van der Waals surface area contributed by atoms with Crippen LogP contribution < -0.4 is 0 Å². The second-order valence-electron chi connectivity index (χ2n) is 3.61. The lowest BCUT2D eigenvalue weighted by Gasteiger charge is -2.09. The standard InChI is InChI=1S/C12H14N2/c1-9-8-12(6-7-13-9)14-10(2)4-5-11(14)3/h4-8H,1-3H3. The van der Waals surface area contributed by atoms with Gasteiger partial charge in [-0.1, -0.05) is 0 Å². The SMILES string of the molecule is Cc1cc(-n2c(C)ccc2C)ccn1. The fourth-order valence-corrected chi connectivity index (χ4v) is 1.75. The van der Waals surface area contributed by atoms with Crippen molar-refractivity contribution in [1.82, 2.24) is 9.55 Å². The number of aromatic nitrogens is 2. The molecule has 0 aliphatic heterocycles. The van der Waals surface area contributed by atoms with Crippen LogP contribution in [0.25, 0.3) is 5.69 Å². The molecule has 0 bridgehead atoms. The Hall–Kier alpha value is -1.57. The minimum Gasteiger partial charge on any atom is -0.318 e. The molecule has 0 saturated carbocycles. The number of hydrogen-bond acceptors (Lipinski definition) is 1. The van der Waals surface area contributed by atoms with E-state index in [1.54, 1.807) is 0 Å². The van der Waals surface area contributed by atoms with Crippen molar-refractivity contribution in [3.8, 4) is 5.69 Å². The van der Waals surface area contributed by atoms with Crippen LogP contribution in [0.15, 0.2) is 30.5 Å². The molecule has 0 aliphatic carbocycles. The number of nitrogens with zero attached hydrogens (tertiary/aromatic N) is 2. The molecule has 0 atom stereocenters.